The number of aryl methyl sites for hydroxylation is 1. The number of piperazine rings is 1. The Labute approximate surface area is 158 Å². The van der Waals surface area contributed by atoms with E-state index in [0.717, 1.165) is 30.1 Å². The van der Waals surface area contributed by atoms with Crippen molar-refractivity contribution in [3.63, 3.8) is 0 Å². The molecule has 3 amide bonds. The summed E-state index contributed by atoms with van der Waals surface area (Å²) >= 11 is 0. The van der Waals surface area contributed by atoms with Crippen LogP contribution in [0.3, 0.4) is 0 Å². The van der Waals surface area contributed by atoms with Crippen LogP contribution >= 0.6 is 0 Å². The van der Waals surface area contributed by atoms with Crippen molar-refractivity contribution in [2.75, 3.05) is 38.2 Å². The summed E-state index contributed by atoms with van der Waals surface area (Å²) < 4.78 is 5.17. The molecule has 0 unspecified atom stereocenters. The molecule has 1 fully saturated rings. The maximum absolute atomic E-state index is 12.3. The number of ether oxygens (including phenoxy) is 1. The number of carbonyl (C=O) groups is 2. The summed E-state index contributed by atoms with van der Waals surface area (Å²) in [6, 6.07) is 14.7. The molecule has 0 atom stereocenters. The number of carbonyl (C=O) groups excluding carboxylic acids is 2. The second-order valence-corrected chi connectivity index (χ2v) is 6.42. The molecule has 1 saturated heterocycles. The average Bonchev–Trinajstić information content (AvgIpc) is 2.72. The van der Waals surface area contributed by atoms with Crippen molar-refractivity contribution in [1.82, 2.24) is 15.8 Å². The lowest BCUT2D eigenvalue weighted by Gasteiger charge is -2.36. The van der Waals surface area contributed by atoms with Gasteiger partial charge in [0.2, 0.25) is 0 Å². The Bertz CT molecular complexity index is 782. The minimum absolute atomic E-state index is 0.301. The first-order valence-electron chi connectivity index (χ1n) is 8.88. The van der Waals surface area contributed by atoms with E-state index >= 15 is 0 Å². The van der Waals surface area contributed by atoms with Crippen molar-refractivity contribution in [3.8, 4) is 5.75 Å². The number of nitrogens with one attached hydrogen (secondary N) is 2. The van der Waals surface area contributed by atoms with Gasteiger partial charge in [-0.25, -0.2) is 10.2 Å². The molecule has 27 heavy (non-hydrogen) atoms. The van der Waals surface area contributed by atoms with Gasteiger partial charge in [0.25, 0.3) is 5.91 Å². The van der Waals surface area contributed by atoms with Gasteiger partial charge < -0.3 is 14.5 Å². The molecule has 1 aliphatic heterocycles. The van der Waals surface area contributed by atoms with Crippen LogP contribution in [0, 0.1) is 6.92 Å². The summed E-state index contributed by atoms with van der Waals surface area (Å²) in [6.07, 6.45) is 0. The van der Waals surface area contributed by atoms with E-state index in [-0.39, 0.29) is 11.9 Å². The van der Waals surface area contributed by atoms with Crippen LogP contribution in [0.5, 0.6) is 5.75 Å². The third-order valence-electron chi connectivity index (χ3n) is 4.60. The van der Waals surface area contributed by atoms with Gasteiger partial charge in [0.1, 0.15) is 5.75 Å². The van der Waals surface area contributed by atoms with Crippen LogP contribution in [0.25, 0.3) is 0 Å². The molecule has 2 aromatic rings. The fourth-order valence-electron chi connectivity index (χ4n) is 2.93. The summed E-state index contributed by atoms with van der Waals surface area (Å²) in [4.78, 5) is 28.3. The van der Waals surface area contributed by atoms with E-state index < -0.39 is 0 Å². The van der Waals surface area contributed by atoms with Crippen molar-refractivity contribution < 1.29 is 14.3 Å². The zero-order valence-electron chi connectivity index (χ0n) is 15.6. The molecule has 7 heteroatoms. The number of amides is 3. The van der Waals surface area contributed by atoms with E-state index in [9.17, 15) is 9.59 Å². The van der Waals surface area contributed by atoms with Crippen molar-refractivity contribution >= 4 is 17.6 Å². The first-order valence-corrected chi connectivity index (χ1v) is 8.88. The number of anilines is 1. The number of urea groups is 1. The van der Waals surface area contributed by atoms with E-state index in [4.69, 9.17) is 4.74 Å². The van der Waals surface area contributed by atoms with Gasteiger partial charge in [-0.2, -0.15) is 0 Å². The van der Waals surface area contributed by atoms with Gasteiger partial charge in [0.15, 0.2) is 0 Å². The largest absolute Gasteiger partial charge is 0.497 e. The molecule has 0 radical (unpaired) electrons. The smallest absolute Gasteiger partial charge is 0.336 e. The zero-order chi connectivity index (χ0) is 19.2. The van der Waals surface area contributed by atoms with E-state index in [0.29, 0.717) is 18.7 Å². The molecular weight excluding hydrogens is 344 g/mol. The summed E-state index contributed by atoms with van der Waals surface area (Å²) in [6.45, 7) is 4.57. The Hall–Kier alpha value is -3.22. The van der Waals surface area contributed by atoms with Gasteiger partial charge in [0, 0.05) is 37.4 Å². The third kappa shape index (κ3) is 4.69. The van der Waals surface area contributed by atoms with Crippen LogP contribution in [0.15, 0.2) is 48.5 Å². The molecule has 7 nitrogen and oxygen atoms in total. The highest BCUT2D eigenvalue weighted by Crippen LogP contribution is 2.20. The van der Waals surface area contributed by atoms with E-state index in [2.05, 4.69) is 15.8 Å². The Kier molecular flexibility index (Phi) is 5.80. The second kappa shape index (κ2) is 8.44. The Morgan fingerprint density at radius 1 is 0.889 bits per heavy atom. The van der Waals surface area contributed by atoms with Gasteiger partial charge >= 0.3 is 6.03 Å². The normalized spacial score (nSPS) is 13.9. The van der Waals surface area contributed by atoms with Crippen LogP contribution in [0.2, 0.25) is 0 Å². The molecule has 2 aromatic carbocycles. The van der Waals surface area contributed by atoms with Crippen molar-refractivity contribution in [2.24, 2.45) is 0 Å². The molecule has 3 rings (SSSR count). The predicted octanol–water partition coefficient (Wildman–Crippen LogP) is 2.18. The second-order valence-electron chi connectivity index (χ2n) is 6.42. The van der Waals surface area contributed by atoms with Gasteiger partial charge in [-0.1, -0.05) is 17.7 Å². The number of hydrogen-bond acceptors (Lipinski definition) is 4. The van der Waals surface area contributed by atoms with Crippen molar-refractivity contribution in [1.29, 1.82) is 0 Å². The molecule has 0 bridgehead atoms. The van der Waals surface area contributed by atoms with Crippen LogP contribution in [0.4, 0.5) is 10.5 Å². The van der Waals surface area contributed by atoms with Crippen LogP contribution < -0.4 is 20.5 Å². The van der Waals surface area contributed by atoms with Crippen molar-refractivity contribution in [2.45, 2.75) is 6.92 Å². The monoisotopic (exact) mass is 368 g/mol. The summed E-state index contributed by atoms with van der Waals surface area (Å²) in [5.41, 5.74) is 7.63. The molecule has 0 spiro atoms. The predicted molar refractivity (Wildman–Crippen MR) is 104 cm³/mol. The number of nitrogens with zero attached hydrogens (tertiary/aromatic N) is 2. The lowest BCUT2D eigenvalue weighted by atomic mass is 10.1. The lowest BCUT2D eigenvalue weighted by molar-refractivity contribution is 0.0929. The Morgan fingerprint density at radius 2 is 1.52 bits per heavy atom. The highest BCUT2D eigenvalue weighted by molar-refractivity contribution is 5.95. The Morgan fingerprint density at radius 3 is 2.11 bits per heavy atom. The molecule has 2 N–H and O–H groups in total. The number of rotatable bonds is 3. The minimum Gasteiger partial charge on any atom is -0.497 e. The molecule has 0 saturated carbocycles. The average molecular weight is 368 g/mol. The Balaban J connectivity index is 1.46. The van der Waals surface area contributed by atoms with E-state index in [1.807, 2.05) is 43.3 Å². The van der Waals surface area contributed by atoms with Crippen LogP contribution in [0.1, 0.15) is 15.9 Å². The number of hydrazine groups is 1. The standard InChI is InChI=1S/C20H24N4O3/c1-15-3-5-16(6-4-15)19(25)21-22-20(26)24-13-11-23(12-14-24)17-7-9-18(27-2)10-8-17/h3-10H,11-14H2,1-2H3,(H,21,25)(H,22,26). The van der Waals surface area contributed by atoms with Crippen LogP contribution in [-0.2, 0) is 0 Å². The van der Waals surface area contributed by atoms with Crippen LogP contribution in [-0.4, -0.2) is 50.1 Å². The fourth-order valence-corrected chi connectivity index (χ4v) is 2.93. The molecular formula is C20H24N4O3. The van der Waals surface area contributed by atoms with E-state index in [1.54, 1.807) is 24.1 Å². The molecule has 0 aromatic heterocycles. The third-order valence-corrected chi connectivity index (χ3v) is 4.60. The molecule has 0 aliphatic carbocycles. The quantitative estimate of drug-likeness (QED) is 0.815. The SMILES string of the molecule is COc1ccc(N2CCN(C(=O)NNC(=O)c3ccc(C)cc3)CC2)cc1. The highest BCUT2D eigenvalue weighted by Gasteiger charge is 2.21. The lowest BCUT2D eigenvalue weighted by Crippen LogP contribution is -2.55. The molecule has 1 heterocycles. The maximum Gasteiger partial charge on any atom is 0.336 e. The maximum atomic E-state index is 12.3. The first kappa shape index (κ1) is 18.6. The fraction of sp³-hybridized carbons (Fsp3) is 0.300. The van der Waals surface area contributed by atoms with E-state index in [1.165, 1.54) is 0 Å². The number of methoxy groups -OCH3 is 1. The highest BCUT2D eigenvalue weighted by atomic mass is 16.5. The van der Waals surface area contributed by atoms with Gasteiger partial charge in [-0.05, 0) is 43.3 Å². The molecule has 142 valence electrons. The van der Waals surface area contributed by atoms with Gasteiger partial charge in [-0.3, -0.25) is 10.2 Å². The minimum atomic E-state index is -0.333. The topological polar surface area (TPSA) is 73.9 Å². The zero-order valence-corrected chi connectivity index (χ0v) is 15.6. The first-order chi connectivity index (χ1) is 13.1. The number of hydrogen-bond donors (Lipinski definition) is 2. The van der Waals surface area contributed by atoms with Gasteiger partial charge in [-0.15, -0.1) is 0 Å². The molecule has 1 aliphatic rings. The van der Waals surface area contributed by atoms with Crippen molar-refractivity contribution in [3.05, 3.63) is 59.7 Å². The van der Waals surface area contributed by atoms with Gasteiger partial charge in [0.05, 0.1) is 7.11 Å². The summed E-state index contributed by atoms with van der Waals surface area (Å²) in [5, 5.41) is 0. The summed E-state index contributed by atoms with van der Waals surface area (Å²) in [5.74, 6) is 0.487. The summed E-state index contributed by atoms with van der Waals surface area (Å²) in [7, 11) is 1.64. The number of benzene rings is 2.